The van der Waals surface area contributed by atoms with E-state index >= 15 is 0 Å². The zero-order valence-corrected chi connectivity index (χ0v) is 12.4. The number of rotatable bonds is 1. The number of hydrogen-bond acceptors (Lipinski definition) is 1. The van der Waals surface area contributed by atoms with Gasteiger partial charge in [0.1, 0.15) is 0 Å². The van der Waals surface area contributed by atoms with Gasteiger partial charge in [-0.25, -0.2) is 13.2 Å². The van der Waals surface area contributed by atoms with Crippen LogP contribution in [0.2, 0.25) is 0 Å². The maximum Gasteiger partial charge on any atom is 0.382 e. The van der Waals surface area contributed by atoms with Gasteiger partial charge in [0.15, 0.2) is 6.29 Å². The molecule has 0 saturated heterocycles. The van der Waals surface area contributed by atoms with E-state index in [1.807, 2.05) is 0 Å². The van der Waals surface area contributed by atoms with Gasteiger partial charge in [0.2, 0.25) is 0 Å². The molecule has 0 heterocycles. The zero-order chi connectivity index (χ0) is 23.7. The molecule has 3 unspecified atom stereocenters. The SMILES string of the molecule is O=CC1(F)C(F)(F)C(F)(F)C(F)(F)C2(F)C(F)(F)C(F)(F)C(F)(F)C(F)(F)C12F. The average Bonchev–Trinajstić information content (AvgIpc) is 2.55. The number of carbonyl (C=O) groups excluding carboxylic acids is 1. The minimum atomic E-state index is -8.50. The molecule has 18 heteroatoms. The molecular formula is C11HF17O. The summed E-state index contributed by atoms with van der Waals surface area (Å²) in [6.45, 7) is 0. The third-order valence-electron chi connectivity index (χ3n) is 4.87. The topological polar surface area (TPSA) is 17.1 Å². The summed E-state index contributed by atoms with van der Waals surface area (Å²) in [5, 5.41) is 0. The minimum Gasteiger partial charge on any atom is -0.299 e. The molecule has 0 bridgehead atoms. The molecule has 0 spiro atoms. The van der Waals surface area contributed by atoms with Crippen molar-refractivity contribution in [1.82, 2.24) is 0 Å². The lowest BCUT2D eigenvalue weighted by Gasteiger charge is -2.64. The first-order valence-corrected chi connectivity index (χ1v) is 6.49. The van der Waals surface area contributed by atoms with Gasteiger partial charge in [-0.1, -0.05) is 0 Å². The van der Waals surface area contributed by atoms with Crippen molar-refractivity contribution in [1.29, 1.82) is 0 Å². The lowest BCUT2D eigenvalue weighted by molar-refractivity contribution is -0.541. The van der Waals surface area contributed by atoms with Crippen LogP contribution in [0.25, 0.3) is 0 Å². The van der Waals surface area contributed by atoms with Gasteiger partial charge >= 0.3 is 41.5 Å². The second-order valence-electron chi connectivity index (χ2n) is 6.17. The predicted octanol–water partition coefficient (Wildman–Crippen LogP) is 4.78. The summed E-state index contributed by atoms with van der Waals surface area (Å²) < 4.78 is 232. The maximum atomic E-state index is 14.6. The first-order chi connectivity index (χ1) is 12.3. The van der Waals surface area contributed by atoms with E-state index in [0.29, 0.717) is 0 Å². The van der Waals surface area contributed by atoms with Crippen molar-refractivity contribution < 1.29 is 79.4 Å². The van der Waals surface area contributed by atoms with E-state index in [2.05, 4.69) is 0 Å². The fourth-order valence-electron chi connectivity index (χ4n) is 3.17. The quantitative estimate of drug-likeness (QED) is 0.397. The first kappa shape index (κ1) is 23.8. The van der Waals surface area contributed by atoms with Crippen LogP contribution >= 0.6 is 0 Å². The Morgan fingerprint density at radius 2 is 0.586 bits per heavy atom. The molecule has 0 aromatic rings. The summed E-state index contributed by atoms with van der Waals surface area (Å²) in [5.41, 5.74) is -24.5. The van der Waals surface area contributed by atoms with Crippen LogP contribution in [0.4, 0.5) is 74.6 Å². The van der Waals surface area contributed by atoms with Gasteiger partial charge in [-0.2, -0.15) is 61.5 Å². The molecule has 2 fully saturated rings. The molecule has 0 radical (unpaired) electrons. The Morgan fingerprint density at radius 1 is 0.345 bits per heavy atom. The zero-order valence-electron chi connectivity index (χ0n) is 12.4. The molecule has 0 amide bonds. The largest absolute Gasteiger partial charge is 0.382 e. The highest BCUT2D eigenvalue weighted by molar-refractivity contribution is 5.72. The summed E-state index contributed by atoms with van der Waals surface area (Å²) >= 11 is 0. The molecule has 0 aromatic heterocycles. The van der Waals surface area contributed by atoms with Gasteiger partial charge in [-0.15, -0.1) is 0 Å². The molecule has 3 atom stereocenters. The molecule has 0 aliphatic heterocycles. The number of hydrogen-bond donors (Lipinski definition) is 0. The number of carbonyl (C=O) groups is 1. The van der Waals surface area contributed by atoms with Crippen LogP contribution in [0, 0.1) is 0 Å². The Kier molecular flexibility index (Phi) is 3.98. The highest BCUT2D eigenvalue weighted by Crippen LogP contribution is 2.80. The summed E-state index contributed by atoms with van der Waals surface area (Å²) in [6.07, 6.45) is -2.88. The summed E-state index contributed by atoms with van der Waals surface area (Å²) in [4.78, 5) is 10.4. The van der Waals surface area contributed by atoms with Crippen LogP contribution in [0.3, 0.4) is 0 Å². The first-order valence-electron chi connectivity index (χ1n) is 6.49. The minimum absolute atomic E-state index is 2.88. The highest BCUT2D eigenvalue weighted by Gasteiger charge is 3.14. The van der Waals surface area contributed by atoms with Gasteiger partial charge in [0.05, 0.1) is 0 Å². The fraction of sp³-hybridized carbons (Fsp3) is 0.909. The van der Waals surface area contributed by atoms with E-state index in [0.717, 1.165) is 0 Å². The van der Waals surface area contributed by atoms with Crippen molar-refractivity contribution in [3.8, 4) is 0 Å². The van der Waals surface area contributed by atoms with Crippen LogP contribution in [-0.4, -0.2) is 64.8 Å². The number of alkyl halides is 17. The van der Waals surface area contributed by atoms with Gasteiger partial charge < -0.3 is 0 Å². The van der Waals surface area contributed by atoms with Gasteiger partial charge in [-0.05, 0) is 0 Å². The van der Waals surface area contributed by atoms with Crippen LogP contribution in [0.1, 0.15) is 0 Å². The fourth-order valence-corrected chi connectivity index (χ4v) is 3.17. The van der Waals surface area contributed by atoms with Crippen molar-refractivity contribution in [2.24, 2.45) is 0 Å². The van der Waals surface area contributed by atoms with Gasteiger partial charge in [-0.3, -0.25) is 4.79 Å². The Hall–Kier alpha value is -1.52. The smallest absolute Gasteiger partial charge is 0.299 e. The summed E-state index contributed by atoms with van der Waals surface area (Å²) in [7, 11) is 0. The second-order valence-corrected chi connectivity index (χ2v) is 6.17. The van der Waals surface area contributed by atoms with E-state index in [1.165, 1.54) is 0 Å². The van der Waals surface area contributed by atoms with Gasteiger partial charge in [0, 0.05) is 0 Å². The van der Waals surface area contributed by atoms with E-state index in [4.69, 9.17) is 0 Å². The molecule has 170 valence electrons. The van der Waals surface area contributed by atoms with Crippen molar-refractivity contribution in [3.05, 3.63) is 0 Å². The second kappa shape index (κ2) is 4.86. The predicted molar refractivity (Wildman–Crippen MR) is 52.2 cm³/mol. The standard InChI is InChI=1S/C11HF17O/c12-2(1-29)3(13)4(14,7(19,20)9(23,24)5(2,15)16)8(21,22)11(27,28)10(25,26)6(3,17)18/h1H. The van der Waals surface area contributed by atoms with E-state index < -0.39 is 64.8 Å². The third-order valence-corrected chi connectivity index (χ3v) is 4.87. The molecule has 2 aliphatic rings. The van der Waals surface area contributed by atoms with Crippen molar-refractivity contribution in [2.45, 2.75) is 58.5 Å². The molecule has 2 rings (SSSR count). The normalized spacial score (nSPS) is 45.1. The lowest BCUT2D eigenvalue weighted by Crippen LogP contribution is -2.99. The maximum absolute atomic E-state index is 14.6. The monoisotopic (exact) mass is 472 g/mol. The van der Waals surface area contributed by atoms with E-state index in [9.17, 15) is 79.4 Å². The van der Waals surface area contributed by atoms with Crippen LogP contribution in [0.5, 0.6) is 0 Å². The molecule has 1 nitrogen and oxygen atoms in total. The van der Waals surface area contributed by atoms with Crippen molar-refractivity contribution in [3.63, 3.8) is 0 Å². The number of fused-ring (bicyclic) bond motifs is 1. The lowest BCUT2D eigenvalue weighted by atomic mass is 9.51. The molecule has 2 aliphatic carbocycles. The highest BCUT2D eigenvalue weighted by atomic mass is 19.4. The van der Waals surface area contributed by atoms with Crippen LogP contribution < -0.4 is 0 Å². The third kappa shape index (κ3) is 1.57. The van der Waals surface area contributed by atoms with Crippen LogP contribution in [0.15, 0.2) is 0 Å². The number of halogens is 17. The van der Waals surface area contributed by atoms with Crippen molar-refractivity contribution in [2.75, 3.05) is 0 Å². The Morgan fingerprint density at radius 3 is 0.862 bits per heavy atom. The molecule has 2 saturated carbocycles. The Labute approximate surface area is 145 Å². The van der Waals surface area contributed by atoms with Crippen LogP contribution in [-0.2, 0) is 4.79 Å². The summed E-state index contributed by atoms with van der Waals surface area (Å²) in [5.74, 6) is -57.5. The molecular weight excluding hydrogens is 471 g/mol. The molecule has 29 heavy (non-hydrogen) atoms. The molecule has 0 aromatic carbocycles. The van der Waals surface area contributed by atoms with E-state index in [-0.39, 0.29) is 0 Å². The Bertz CT molecular complexity index is 746. The number of aldehydes is 1. The van der Waals surface area contributed by atoms with E-state index in [1.54, 1.807) is 0 Å². The van der Waals surface area contributed by atoms with Gasteiger partial charge in [0.25, 0.3) is 17.0 Å². The summed E-state index contributed by atoms with van der Waals surface area (Å²) in [6, 6.07) is 0. The molecule has 0 N–H and O–H groups in total. The Balaban J connectivity index is 3.29. The average molecular weight is 472 g/mol. The van der Waals surface area contributed by atoms with Crippen molar-refractivity contribution >= 4 is 6.29 Å².